The van der Waals surface area contributed by atoms with Crippen LogP contribution in [0.4, 0.5) is 5.69 Å². The molecule has 1 amide bonds. The summed E-state index contributed by atoms with van der Waals surface area (Å²) >= 11 is 0. The Balaban J connectivity index is 2.09. The average Bonchev–Trinajstić information content (AvgIpc) is 2.45. The molecular formula is C15H16N2O3. The summed E-state index contributed by atoms with van der Waals surface area (Å²) < 4.78 is 0. The molecule has 0 aliphatic heterocycles. The molecule has 2 aromatic rings. The molecule has 5 nitrogen and oxygen atoms in total. The number of aliphatic hydroxyl groups excluding tert-OH is 1. The van der Waals surface area contributed by atoms with Gasteiger partial charge in [-0.25, -0.2) is 0 Å². The van der Waals surface area contributed by atoms with Crippen molar-refractivity contribution in [1.29, 1.82) is 0 Å². The minimum Gasteiger partial charge on any atom is -0.396 e. The van der Waals surface area contributed by atoms with Gasteiger partial charge in [-0.05, 0) is 36.6 Å². The van der Waals surface area contributed by atoms with Gasteiger partial charge in [0, 0.05) is 18.4 Å². The van der Waals surface area contributed by atoms with Gasteiger partial charge in [-0.2, -0.15) is 0 Å². The molecule has 2 rings (SSSR count). The van der Waals surface area contributed by atoms with Gasteiger partial charge >= 0.3 is 0 Å². The zero-order valence-corrected chi connectivity index (χ0v) is 10.9. The van der Waals surface area contributed by atoms with E-state index in [4.69, 9.17) is 5.11 Å². The molecule has 0 aliphatic carbocycles. The summed E-state index contributed by atoms with van der Waals surface area (Å²) in [7, 11) is 0. The summed E-state index contributed by atoms with van der Waals surface area (Å²) in [4.78, 5) is 25.6. The van der Waals surface area contributed by atoms with E-state index in [0.717, 1.165) is 12.0 Å². The van der Waals surface area contributed by atoms with Gasteiger partial charge in [0.1, 0.15) is 5.69 Å². The number of hydrogen-bond acceptors (Lipinski definition) is 3. The Morgan fingerprint density at radius 2 is 2.00 bits per heavy atom. The molecule has 104 valence electrons. The van der Waals surface area contributed by atoms with Crippen molar-refractivity contribution in [3.8, 4) is 0 Å². The Morgan fingerprint density at radius 3 is 2.75 bits per heavy atom. The highest BCUT2D eigenvalue weighted by molar-refractivity contribution is 6.02. The number of aryl methyl sites for hydroxylation is 1. The van der Waals surface area contributed by atoms with Crippen LogP contribution < -0.4 is 10.9 Å². The summed E-state index contributed by atoms with van der Waals surface area (Å²) in [6, 6.07) is 11.9. The monoisotopic (exact) mass is 272 g/mol. The molecule has 0 bridgehead atoms. The van der Waals surface area contributed by atoms with Crippen LogP contribution in [0.2, 0.25) is 0 Å². The molecule has 5 heteroatoms. The van der Waals surface area contributed by atoms with Crippen molar-refractivity contribution in [1.82, 2.24) is 4.98 Å². The number of pyridine rings is 1. The van der Waals surface area contributed by atoms with Gasteiger partial charge in [-0.3, -0.25) is 9.59 Å². The molecule has 0 fully saturated rings. The van der Waals surface area contributed by atoms with Crippen molar-refractivity contribution in [2.24, 2.45) is 0 Å². The molecule has 0 unspecified atom stereocenters. The van der Waals surface area contributed by atoms with Crippen molar-refractivity contribution in [2.75, 3.05) is 11.9 Å². The van der Waals surface area contributed by atoms with E-state index in [9.17, 15) is 9.59 Å². The fourth-order valence-corrected chi connectivity index (χ4v) is 1.87. The van der Waals surface area contributed by atoms with Gasteiger partial charge < -0.3 is 15.4 Å². The second kappa shape index (κ2) is 6.68. The lowest BCUT2D eigenvalue weighted by Crippen LogP contribution is -2.17. The molecule has 3 N–H and O–H groups in total. The van der Waals surface area contributed by atoms with Crippen molar-refractivity contribution in [2.45, 2.75) is 12.8 Å². The largest absolute Gasteiger partial charge is 0.396 e. The summed E-state index contributed by atoms with van der Waals surface area (Å²) in [5.74, 6) is -0.359. The zero-order valence-electron chi connectivity index (χ0n) is 10.9. The number of rotatable bonds is 5. The smallest absolute Gasteiger partial charge is 0.272 e. The van der Waals surface area contributed by atoms with Gasteiger partial charge in [-0.1, -0.05) is 18.2 Å². The van der Waals surface area contributed by atoms with Gasteiger partial charge in [0.15, 0.2) is 0 Å². The fourth-order valence-electron chi connectivity index (χ4n) is 1.87. The lowest BCUT2D eigenvalue weighted by atomic mass is 10.1. The standard InChI is InChI=1S/C15H16N2O3/c18-9-3-5-11-4-1-6-12(10-11)16-15(20)13-7-2-8-14(19)17-13/h1-2,4,6-8,10,18H,3,5,9H2,(H,16,20)(H,17,19). The Bertz CT molecular complexity index is 649. The van der Waals surface area contributed by atoms with Crippen molar-refractivity contribution in [3.63, 3.8) is 0 Å². The highest BCUT2D eigenvalue weighted by Crippen LogP contribution is 2.13. The Kier molecular flexibility index (Phi) is 4.68. The number of nitrogens with one attached hydrogen (secondary N) is 2. The van der Waals surface area contributed by atoms with Gasteiger partial charge in [0.25, 0.3) is 5.91 Å². The minimum atomic E-state index is -0.359. The van der Waals surface area contributed by atoms with Crippen molar-refractivity contribution < 1.29 is 9.90 Å². The predicted octanol–water partition coefficient (Wildman–Crippen LogP) is 1.55. The van der Waals surface area contributed by atoms with Crippen LogP contribution in [-0.4, -0.2) is 22.6 Å². The SMILES string of the molecule is O=C(Nc1cccc(CCCO)c1)c1cccc(=O)[nH]1. The Morgan fingerprint density at radius 1 is 1.20 bits per heavy atom. The predicted molar refractivity (Wildman–Crippen MR) is 76.9 cm³/mol. The first-order chi connectivity index (χ1) is 9.69. The van der Waals surface area contributed by atoms with Gasteiger partial charge in [-0.15, -0.1) is 0 Å². The van der Waals surface area contributed by atoms with Crippen molar-refractivity contribution >= 4 is 11.6 Å². The third-order valence-electron chi connectivity index (χ3n) is 2.82. The first-order valence-electron chi connectivity index (χ1n) is 6.39. The number of aliphatic hydroxyl groups is 1. The first kappa shape index (κ1) is 14.0. The number of aromatic nitrogens is 1. The average molecular weight is 272 g/mol. The zero-order chi connectivity index (χ0) is 14.4. The highest BCUT2D eigenvalue weighted by atomic mass is 16.2. The van der Waals surface area contributed by atoms with E-state index in [2.05, 4.69) is 10.3 Å². The van der Waals surface area contributed by atoms with E-state index in [1.165, 1.54) is 12.1 Å². The van der Waals surface area contributed by atoms with Crippen LogP contribution in [0.1, 0.15) is 22.5 Å². The molecule has 0 saturated heterocycles. The third-order valence-corrected chi connectivity index (χ3v) is 2.82. The number of benzene rings is 1. The van der Waals surface area contributed by atoms with E-state index < -0.39 is 0 Å². The number of H-pyrrole nitrogens is 1. The summed E-state index contributed by atoms with van der Waals surface area (Å²) in [6.45, 7) is 0.141. The van der Waals surface area contributed by atoms with E-state index in [1.54, 1.807) is 12.1 Å². The number of aromatic amines is 1. The van der Waals surface area contributed by atoms with Gasteiger partial charge in [0.05, 0.1) is 0 Å². The van der Waals surface area contributed by atoms with Crippen LogP contribution in [0.3, 0.4) is 0 Å². The molecule has 1 heterocycles. The number of carbonyl (C=O) groups excluding carboxylic acids is 1. The van der Waals surface area contributed by atoms with Crippen LogP contribution in [0.15, 0.2) is 47.3 Å². The van der Waals surface area contributed by atoms with Gasteiger partial charge in [0.2, 0.25) is 5.56 Å². The molecule has 20 heavy (non-hydrogen) atoms. The molecule has 0 radical (unpaired) electrons. The maximum absolute atomic E-state index is 12.0. The number of anilines is 1. The lowest BCUT2D eigenvalue weighted by molar-refractivity contribution is 0.102. The molecule has 0 spiro atoms. The van der Waals surface area contributed by atoms with Crippen LogP contribution in [0, 0.1) is 0 Å². The first-order valence-corrected chi connectivity index (χ1v) is 6.39. The summed E-state index contributed by atoms with van der Waals surface area (Å²) in [5, 5.41) is 11.5. The molecular weight excluding hydrogens is 256 g/mol. The number of hydrogen-bond donors (Lipinski definition) is 3. The number of carbonyl (C=O) groups is 1. The summed E-state index contributed by atoms with van der Waals surface area (Å²) in [5.41, 5.74) is 1.61. The fraction of sp³-hybridized carbons (Fsp3) is 0.200. The number of amides is 1. The maximum Gasteiger partial charge on any atom is 0.272 e. The Labute approximate surface area is 116 Å². The topological polar surface area (TPSA) is 82.2 Å². The second-order valence-corrected chi connectivity index (χ2v) is 4.41. The summed E-state index contributed by atoms with van der Waals surface area (Å²) in [6.07, 6.45) is 1.44. The molecule has 0 aliphatic rings. The highest BCUT2D eigenvalue weighted by Gasteiger charge is 2.06. The van der Waals surface area contributed by atoms with E-state index in [0.29, 0.717) is 12.1 Å². The normalized spacial score (nSPS) is 10.2. The van der Waals surface area contributed by atoms with Crippen LogP contribution in [-0.2, 0) is 6.42 Å². The quantitative estimate of drug-likeness (QED) is 0.772. The maximum atomic E-state index is 12.0. The third kappa shape index (κ3) is 3.80. The second-order valence-electron chi connectivity index (χ2n) is 4.41. The van der Waals surface area contributed by atoms with Crippen molar-refractivity contribution in [3.05, 3.63) is 64.1 Å². The molecule has 0 saturated carbocycles. The minimum absolute atomic E-state index is 0.141. The van der Waals surface area contributed by atoms with Crippen LogP contribution in [0.25, 0.3) is 0 Å². The Hall–Kier alpha value is -2.40. The molecule has 1 aromatic carbocycles. The molecule has 1 aromatic heterocycles. The van der Waals surface area contributed by atoms with Crippen LogP contribution in [0.5, 0.6) is 0 Å². The lowest BCUT2D eigenvalue weighted by Gasteiger charge is -2.07. The van der Waals surface area contributed by atoms with E-state index in [-0.39, 0.29) is 23.8 Å². The molecule has 0 atom stereocenters. The van der Waals surface area contributed by atoms with Crippen LogP contribution >= 0.6 is 0 Å². The van der Waals surface area contributed by atoms with E-state index in [1.807, 2.05) is 18.2 Å². The van der Waals surface area contributed by atoms with E-state index >= 15 is 0 Å².